The molecule has 1 saturated carbocycles. The first-order valence-corrected chi connectivity index (χ1v) is 8.27. The number of benzene rings is 1. The summed E-state index contributed by atoms with van der Waals surface area (Å²) in [4.78, 5) is 17.9. The van der Waals surface area contributed by atoms with E-state index in [1.165, 1.54) is 12.5 Å². The van der Waals surface area contributed by atoms with Crippen LogP contribution in [-0.2, 0) is 4.79 Å². The summed E-state index contributed by atoms with van der Waals surface area (Å²) in [5.41, 5.74) is 2.10. The maximum atomic E-state index is 13.3. The normalized spacial score (nSPS) is 22.8. The van der Waals surface area contributed by atoms with Gasteiger partial charge in [0.25, 0.3) is 0 Å². The minimum Gasteiger partial charge on any atom is -0.358 e. The minimum atomic E-state index is -0.205. The predicted molar refractivity (Wildman–Crippen MR) is 84.2 cm³/mol. The molecule has 22 heavy (non-hydrogen) atoms. The maximum Gasteiger partial charge on any atom is 0.225 e. The number of amides is 1. The first-order chi connectivity index (χ1) is 10.7. The maximum absolute atomic E-state index is 13.3. The van der Waals surface area contributed by atoms with Crippen molar-refractivity contribution in [2.24, 2.45) is 5.92 Å². The van der Waals surface area contributed by atoms with Gasteiger partial charge in [0, 0.05) is 41.5 Å². The summed E-state index contributed by atoms with van der Waals surface area (Å²) < 4.78 is 13.3. The summed E-state index contributed by atoms with van der Waals surface area (Å²) in [5, 5.41) is 0.914. The largest absolute Gasteiger partial charge is 0.358 e. The molecule has 4 rings (SSSR count). The molecule has 116 valence electrons. The van der Waals surface area contributed by atoms with Gasteiger partial charge in [-0.3, -0.25) is 4.79 Å². The summed E-state index contributed by atoms with van der Waals surface area (Å²) in [7, 11) is 0. The van der Waals surface area contributed by atoms with Crippen molar-refractivity contribution in [3.8, 4) is 0 Å². The van der Waals surface area contributed by atoms with Gasteiger partial charge in [-0.05, 0) is 49.9 Å². The Morgan fingerprint density at radius 1 is 1.18 bits per heavy atom. The van der Waals surface area contributed by atoms with E-state index in [2.05, 4.69) is 4.98 Å². The van der Waals surface area contributed by atoms with Gasteiger partial charge in [0.15, 0.2) is 0 Å². The number of fused-ring (bicyclic) bond motifs is 1. The number of carbonyl (C=O) groups excluding carboxylic acids is 1. The highest BCUT2D eigenvalue weighted by atomic mass is 19.1. The van der Waals surface area contributed by atoms with E-state index in [1.807, 2.05) is 11.0 Å². The Kier molecular flexibility index (Phi) is 3.40. The molecule has 1 unspecified atom stereocenters. The number of likely N-dealkylation sites (tertiary alicyclic amines) is 1. The van der Waals surface area contributed by atoms with Crippen LogP contribution in [0.5, 0.6) is 0 Å². The number of aromatic amines is 1. The number of aromatic nitrogens is 1. The van der Waals surface area contributed by atoms with Gasteiger partial charge in [0.2, 0.25) is 5.91 Å². The number of piperidine rings is 1. The van der Waals surface area contributed by atoms with Crippen LogP contribution in [0.1, 0.15) is 43.7 Å². The fraction of sp³-hybridized carbons (Fsp3) is 0.500. The van der Waals surface area contributed by atoms with Gasteiger partial charge in [-0.15, -0.1) is 0 Å². The summed E-state index contributed by atoms with van der Waals surface area (Å²) >= 11 is 0. The standard InChI is InChI=1S/C18H21FN2O/c19-15-6-7-16-14(9-15)10-17(20-16)13-5-2-8-21(11-13)18(22)12-3-1-4-12/h6-7,9-10,12-13,20H,1-5,8,11H2. The lowest BCUT2D eigenvalue weighted by Gasteiger charge is -2.37. The number of nitrogens with zero attached hydrogens (tertiary/aromatic N) is 1. The van der Waals surface area contributed by atoms with E-state index in [4.69, 9.17) is 0 Å². The topological polar surface area (TPSA) is 36.1 Å². The lowest BCUT2D eigenvalue weighted by atomic mass is 9.83. The number of nitrogens with one attached hydrogen (secondary N) is 1. The molecule has 1 aliphatic carbocycles. The summed E-state index contributed by atoms with van der Waals surface area (Å²) in [6.07, 6.45) is 5.45. The molecule has 1 N–H and O–H groups in total. The lowest BCUT2D eigenvalue weighted by molar-refractivity contribution is -0.139. The second-order valence-corrected chi connectivity index (χ2v) is 6.71. The van der Waals surface area contributed by atoms with Crippen molar-refractivity contribution < 1.29 is 9.18 Å². The monoisotopic (exact) mass is 300 g/mol. The Morgan fingerprint density at radius 3 is 2.82 bits per heavy atom. The van der Waals surface area contributed by atoms with E-state index in [0.717, 1.165) is 55.4 Å². The highest BCUT2D eigenvalue weighted by Crippen LogP contribution is 2.33. The third kappa shape index (κ3) is 2.40. The van der Waals surface area contributed by atoms with Gasteiger partial charge >= 0.3 is 0 Å². The van der Waals surface area contributed by atoms with Gasteiger partial charge in [-0.2, -0.15) is 0 Å². The van der Waals surface area contributed by atoms with Gasteiger partial charge in [0.1, 0.15) is 5.82 Å². The zero-order valence-corrected chi connectivity index (χ0v) is 12.6. The quantitative estimate of drug-likeness (QED) is 0.899. The Bertz CT molecular complexity index is 704. The van der Waals surface area contributed by atoms with E-state index < -0.39 is 0 Å². The lowest BCUT2D eigenvalue weighted by Crippen LogP contribution is -2.44. The molecule has 1 amide bonds. The van der Waals surface area contributed by atoms with E-state index in [1.54, 1.807) is 12.1 Å². The molecule has 1 aliphatic heterocycles. The van der Waals surface area contributed by atoms with Crippen molar-refractivity contribution in [2.75, 3.05) is 13.1 Å². The van der Waals surface area contributed by atoms with E-state index in [9.17, 15) is 9.18 Å². The Balaban J connectivity index is 1.54. The third-order valence-corrected chi connectivity index (χ3v) is 5.23. The minimum absolute atomic E-state index is 0.205. The molecule has 2 heterocycles. The van der Waals surface area contributed by atoms with Crippen molar-refractivity contribution in [2.45, 2.75) is 38.0 Å². The first-order valence-electron chi connectivity index (χ1n) is 8.27. The van der Waals surface area contributed by atoms with Crippen LogP contribution in [-0.4, -0.2) is 28.9 Å². The van der Waals surface area contributed by atoms with E-state index >= 15 is 0 Å². The molecule has 1 aromatic heterocycles. The fourth-order valence-corrected chi connectivity index (χ4v) is 3.69. The van der Waals surface area contributed by atoms with Gasteiger partial charge < -0.3 is 9.88 Å². The van der Waals surface area contributed by atoms with Crippen LogP contribution >= 0.6 is 0 Å². The molecule has 2 aliphatic rings. The number of hydrogen-bond donors (Lipinski definition) is 1. The number of hydrogen-bond acceptors (Lipinski definition) is 1. The Hall–Kier alpha value is -1.84. The average molecular weight is 300 g/mol. The smallest absolute Gasteiger partial charge is 0.225 e. The van der Waals surface area contributed by atoms with E-state index in [0.29, 0.717) is 11.8 Å². The number of halogens is 1. The molecular formula is C18H21FN2O. The van der Waals surface area contributed by atoms with Crippen LogP contribution < -0.4 is 0 Å². The fourth-order valence-electron chi connectivity index (χ4n) is 3.69. The van der Waals surface area contributed by atoms with Crippen molar-refractivity contribution in [1.29, 1.82) is 0 Å². The van der Waals surface area contributed by atoms with Crippen molar-refractivity contribution in [3.05, 3.63) is 35.8 Å². The van der Waals surface area contributed by atoms with Crippen molar-refractivity contribution >= 4 is 16.8 Å². The van der Waals surface area contributed by atoms with Crippen LogP contribution in [0.2, 0.25) is 0 Å². The average Bonchev–Trinajstić information content (AvgIpc) is 2.88. The molecule has 0 radical (unpaired) electrons. The molecule has 0 spiro atoms. The molecular weight excluding hydrogens is 279 g/mol. The summed E-state index contributed by atoms with van der Waals surface area (Å²) in [6, 6.07) is 6.88. The van der Waals surface area contributed by atoms with Crippen LogP contribution in [0, 0.1) is 11.7 Å². The number of H-pyrrole nitrogens is 1. The van der Waals surface area contributed by atoms with Crippen LogP contribution in [0.4, 0.5) is 4.39 Å². The van der Waals surface area contributed by atoms with Crippen LogP contribution in [0.3, 0.4) is 0 Å². The highest BCUT2D eigenvalue weighted by molar-refractivity contribution is 5.81. The zero-order chi connectivity index (χ0) is 15.1. The summed E-state index contributed by atoms with van der Waals surface area (Å²) in [6.45, 7) is 1.69. The molecule has 3 nitrogen and oxygen atoms in total. The van der Waals surface area contributed by atoms with Gasteiger partial charge in [-0.1, -0.05) is 6.42 Å². The first kappa shape index (κ1) is 13.8. The number of rotatable bonds is 2. The second kappa shape index (κ2) is 5.41. The molecule has 2 fully saturated rings. The zero-order valence-electron chi connectivity index (χ0n) is 12.6. The van der Waals surface area contributed by atoms with Gasteiger partial charge in [-0.25, -0.2) is 4.39 Å². The Labute approximate surface area is 129 Å². The number of carbonyl (C=O) groups is 1. The molecule has 0 bridgehead atoms. The van der Waals surface area contributed by atoms with Crippen molar-refractivity contribution in [1.82, 2.24) is 9.88 Å². The molecule has 1 saturated heterocycles. The molecule has 1 atom stereocenters. The van der Waals surface area contributed by atoms with Crippen LogP contribution in [0.15, 0.2) is 24.3 Å². The molecule has 2 aromatic rings. The van der Waals surface area contributed by atoms with Crippen LogP contribution in [0.25, 0.3) is 10.9 Å². The van der Waals surface area contributed by atoms with Gasteiger partial charge in [0.05, 0.1) is 0 Å². The summed E-state index contributed by atoms with van der Waals surface area (Å²) in [5.74, 6) is 0.755. The predicted octanol–water partition coefficient (Wildman–Crippen LogP) is 3.81. The Morgan fingerprint density at radius 2 is 2.05 bits per heavy atom. The van der Waals surface area contributed by atoms with Crippen molar-refractivity contribution in [3.63, 3.8) is 0 Å². The third-order valence-electron chi connectivity index (χ3n) is 5.23. The molecule has 1 aromatic carbocycles. The molecule has 4 heteroatoms. The highest BCUT2D eigenvalue weighted by Gasteiger charge is 2.32. The van der Waals surface area contributed by atoms with E-state index in [-0.39, 0.29) is 11.7 Å². The SMILES string of the molecule is O=C(C1CCC1)N1CCCC(c2cc3cc(F)ccc3[nH]2)C1. The second-order valence-electron chi connectivity index (χ2n) is 6.71.